The molecule has 1 N–H and O–H groups in total. The molecule has 0 unspecified atom stereocenters. The van der Waals surface area contributed by atoms with E-state index in [0.29, 0.717) is 5.41 Å². The van der Waals surface area contributed by atoms with Gasteiger partial charge in [0, 0.05) is 16.4 Å². The van der Waals surface area contributed by atoms with Crippen LogP contribution in [0.15, 0.2) is 22.7 Å². The number of ether oxygens (including phenoxy) is 1. The van der Waals surface area contributed by atoms with E-state index in [1.54, 1.807) is 0 Å². The first kappa shape index (κ1) is 10.5. The van der Waals surface area contributed by atoms with Crippen LogP contribution in [0.1, 0.15) is 25.7 Å². The first-order valence-electron chi connectivity index (χ1n) is 5.94. The van der Waals surface area contributed by atoms with Crippen LogP contribution in [0.3, 0.4) is 0 Å². The third-order valence-electron chi connectivity index (χ3n) is 3.79. The van der Waals surface area contributed by atoms with E-state index in [-0.39, 0.29) is 0 Å². The second-order valence-corrected chi connectivity index (χ2v) is 5.91. The number of hydrogen-bond acceptors (Lipinski definition) is 2. The second kappa shape index (κ2) is 3.95. The zero-order chi connectivity index (χ0) is 11.0. The standard InChI is InChI=1S/C13H16BrNO/c14-10-3-4-12-11(7-10)15-8-13(9-16-12)5-1-2-6-13/h3-4,7,15H,1-2,5-6,8-9H2. The quantitative estimate of drug-likeness (QED) is 0.781. The van der Waals surface area contributed by atoms with Crippen LogP contribution < -0.4 is 10.1 Å². The summed E-state index contributed by atoms with van der Waals surface area (Å²) in [6.45, 7) is 1.92. The Morgan fingerprint density at radius 1 is 1.25 bits per heavy atom. The van der Waals surface area contributed by atoms with E-state index < -0.39 is 0 Å². The molecule has 2 aliphatic rings. The number of hydrogen-bond donors (Lipinski definition) is 1. The van der Waals surface area contributed by atoms with E-state index >= 15 is 0 Å². The number of anilines is 1. The molecule has 1 aliphatic carbocycles. The van der Waals surface area contributed by atoms with E-state index in [1.165, 1.54) is 25.7 Å². The molecule has 16 heavy (non-hydrogen) atoms. The van der Waals surface area contributed by atoms with E-state index in [1.807, 2.05) is 12.1 Å². The van der Waals surface area contributed by atoms with E-state index in [0.717, 1.165) is 29.1 Å². The summed E-state index contributed by atoms with van der Waals surface area (Å²) in [4.78, 5) is 0. The van der Waals surface area contributed by atoms with Crippen LogP contribution in [0.2, 0.25) is 0 Å². The van der Waals surface area contributed by atoms with Gasteiger partial charge in [0.05, 0.1) is 12.3 Å². The average Bonchev–Trinajstić information content (AvgIpc) is 2.66. The topological polar surface area (TPSA) is 21.3 Å². The molecule has 0 atom stereocenters. The Kier molecular flexibility index (Phi) is 2.58. The molecule has 3 heteroatoms. The number of benzene rings is 1. The van der Waals surface area contributed by atoms with Gasteiger partial charge in [-0.3, -0.25) is 0 Å². The summed E-state index contributed by atoms with van der Waals surface area (Å²) in [5.41, 5.74) is 1.50. The van der Waals surface area contributed by atoms with Crippen molar-refractivity contribution in [2.75, 3.05) is 18.5 Å². The van der Waals surface area contributed by atoms with Crippen molar-refractivity contribution in [1.29, 1.82) is 0 Å². The summed E-state index contributed by atoms with van der Waals surface area (Å²) in [5, 5.41) is 3.54. The van der Waals surface area contributed by atoms with E-state index in [4.69, 9.17) is 4.74 Å². The third kappa shape index (κ3) is 1.81. The molecule has 0 aromatic heterocycles. The summed E-state index contributed by atoms with van der Waals surface area (Å²) >= 11 is 3.50. The maximum absolute atomic E-state index is 5.96. The molecule has 1 aromatic carbocycles. The first-order valence-corrected chi connectivity index (χ1v) is 6.73. The number of nitrogens with one attached hydrogen (secondary N) is 1. The van der Waals surface area contributed by atoms with Crippen LogP contribution >= 0.6 is 15.9 Å². The highest BCUT2D eigenvalue weighted by molar-refractivity contribution is 9.10. The Balaban J connectivity index is 1.86. The van der Waals surface area contributed by atoms with Crippen molar-refractivity contribution >= 4 is 21.6 Å². The molecule has 1 aromatic rings. The van der Waals surface area contributed by atoms with Gasteiger partial charge in [-0.25, -0.2) is 0 Å². The van der Waals surface area contributed by atoms with Crippen molar-refractivity contribution in [3.63, 3.8) is 0 Å². The Labute approximate surface area is 105 Å². The fraction of sp³-hybridized carbons (Fsp3) is 0.538. The van der Waals surface area contributed by atoms with Gasteiger partial charge < -0.3 is 10.1 Å². The minimum Gasteiger partial charge on any atom is -0.491 e. The maximum atomic E-state index is 5.96. The van der Waals surface area contributed by atoms with Gasteiger partial charge in [0.1, 0.15) is 5.75 Å². The molecule has 0 radical (unpaired) electrons. The second-order valence-electron chi connectivity index (χ2n) is 4.99. The molecule has 3 rings (SSSR count). The van der Waals surface area contributed by atoms with Gasteiger partial charge in [0.15, 0.2) is 0 Å². The fourth-order valence-electron chi connectivity index (χ4n) is 2.78. The molecule has 1 aliphatic heterocycles. The van der Waals surface area contributed by atoms with Crippen LogP contribution in [-0.2, 0) is 0 Å². The highest BCUT2D eigenvalue weighted by atomic mass is 79.9. The highest BCUT2D eigenvalue weighted by Crippen LogP contribution is 2.42. The monoisotopic (exact) mass is 281 g/mol. The summed E-state index contributed by atoms with van der Waals surface area (Å²) in [6, 6.07) is 6.18. The van der Waals surface area contributed by atoms with Gasteiger partial charge in [0.25, 0.3) is 0 Å². The summed E-state index contributed by atoms with van der Waals surface area (Å²) in [5.74, 6) is 0.993. The molecule has 1 heterocycles. The van der Waals surface area contributed by atoms with Crippen LogP contribution in [0.4, 0.5) is 5.69 Å². The predicted octanol–water partition coefficient (Wildman–Crippen LogP) is 3.81. The number of rotatable bonds is 0. The van der Waals surface area contributed by atoms with Crippen LogP contribution in [0.25, 0.3) is 0 Å². The van der Waals surface area contributed by atoms with Crippen molar-refractivity contribution in [1.82, 2.24) is 0 Å². The van der Waals surface area contributed by atoms with Crippen molar-refractivity contribution in [2.24, 2.45) is 5.41 Å². The minimum atomic E-state index is 0.380. The average molecular weight is 282 g/mol. The SMILES string of the molecule is Brc1ccc2c(c1)NCC1(CCCC1)CO2. The van der Waals surface area contributed by atoms with Crippen LogP contribution in [0, 0.1) is 5.41 Å². The predicted molar refractivity (Wildman–Crippen MR) is 69.0 cm³/mol. The van der Waals surface area contributed by atoms with E-state index in [9.17, 15) is 0 Å². The van der Waals surface area contributed by atoms with Crippen molar-refractivity contribution in [3.05, 3.63) is 22.7 Å². The van der Waals surface area contributed by atoms with Crippen molar-refractivity contribution in [2.45, 2.75) is 25.7 Å². The number of halogens is 1. The lowest BCUT2D eigenvalue weighted by Gasteiger charge is -2.25. The van der Waals surface area contributed by atoms with Gasteiger partial charge in [-0.1, -0.05) is 28.8 Å². The van der Waals surface area contributed by atoms with Gasteiger partial charge in [-0.15, -0.1) is 0 Å². The molecule has 0 bridgehead atoms. The Hall–Kier alpha value is -0.700. The van der Waals surface area contributed by atoms with Gasteiger partial charge in [0.2, 0.25) is 0 Å². The lowest BCUT2D eigenvalue weighted by atomic mass is 9.87. The molecule has 1 saturated carbocycles. The lowest BCUT2D eigenvalue weighted by Crippen LogP contribution is -2.30. The largest absolute Gasteiger partial charge is 0.491 e. The van der Waals surface area contributed by atoms with Gasteiger partial charge in [-0.05, 0) is 31.0 Å². The summed E-state index contributed by atoms with van der Waals surface area (Å²) < 4.78 is 7.06. The maximum Gasteiger partial charge on any atom is 0.142 e. The Morgan fingerprint density at radius 2 is 2.06 bits per heavy atom. The highest BCUT2D eigenvalue weighted by Gasteiger charge is 2.36. The molecule has 2 nitrogen and oxygen atoms in total. The van der Waals surface area contributed by atoms with Crippen molar-refractivity contribution in [3.8, 4) is 5.75 Å². The Bertz CT molecular complexity index is 399. The molecular formula is C13H16BrNO. The van der Waals surface area contributed by atoms with Gasteiger partial charge >= 0.3 is 0 Å². The van der Waals surface area contributed by atoms with Crippen molar-refractivity contribution < 1.29 is 4.74 Å². The van der Waals surface area contributed by atoms with Crippen LogP contribution in [-0.4, -0.2) is 13.2 Å². The first-order chi connectivity index (χ1) is 7.77. The molecule has 0 amide bonds. The van der Waals surface area contributed by atoms with E-state index in [2.05, 4.69) is 27.3 Å². The molecule has 86 valence electrons. The zero-order valence-corrected chi connectivity index (χ0v) is 10.8. The third-order valence-corrected chi connectivity index (χ3v) is 4.29. The minimum absolute atomic E-state index is 0.380. The molecule has 1 spiro atoms. The lowest BCUT2D eigenvalue weighted by molar-refractivity contribution is 0.169. The molecule has 1 fully saturated rings. The number of fused-ring (bicyclic) bond motifs is 1. The zero-order valence-electron chi connectivity index (χ0n) is 9.26. The van der Waals surface area contributed by atoms with Crippen LogP contribution in [0.5, 0.6) is 5.75 Å². The smallest absolute Gasteiger partial charge is 0.142 e. The summed E-state index contributed by atoms with van der Waals surface area (Å²) in [7, 11) is 0. The Morgan fingerprint density at radius 3 is 2.88 bits per heavy atom. The molecular weight excluding hydrogens is 266 g/mol. The molecule has 0 saturated heterocycles. The van der Waals surface area contributed by atoms with Gasteiger partial charge in [-0.2, -0.15) is 0 Å². The summed E-state index contributed by atoms with van der Waals surface area (Å²) in [6.07, 6.45) is 5.31. The fourth-order valence-corrected chi connectivity index (χ4v) is 3.14. The normalized spacial score (nSPS) is 22.1.